The zero-order valence-electron chi connectivity index (χ0n) is 11.1. The van der Waals surface area contributed by atoms with Crippen LogP contribution < -0.4 is 0 Å². The zero-order valence-corrected chi connectivity index (χ0v) is 12.1. The summed E-state index contributed by atoms with van der Waals surface area (Å²) in [7, 11) is -0.954. The third-order valence-corrected chi connectivity index (χ3v) is 10.8. The summed E-state index contributed by atoms with van der Waals surface area (Å²) >= 11 is 0. The van der Waals surface area contributed by atoms with E-state index in [1.165, 1.54) is 63.1 Å². The minimum absolute atomic E-state index is 0.954. The molecule has 0 aromatic heterocycles. The van der Waals surface area contributed by atoms with E-state index in [2.05, 4.69) is 26.3 Å². The maximum Gasteiger partial charge on any atom is 0.0592 e. The summed E-state index contributed by atoms with van der Waals surface area (Å²) in [6, 6.07) is 4.49. The average Bonchev–Trinajstić information content (AvgIpc) is 2.23. The van der Waals surface area contributed by atoms with Gasteiger partial charge < -0.3 is 0 Å². The molecule has 0 aliphatic heterocycles. The van der Waals surface area contributed by atoms with E-state index in [1.54, 1.807) is 0 Å². The molecule has 0 unspecified atom stereocenters. The first-order valence-corrected chi connectivity index (χ1v) is 9.76. The van der Waals surface area contributed by atoms with E-state index >= 15 is 0 Å². The van der Waals surface area contributed by atoms with Crippen molar-refractivity contribution in [1.82, 2.24) is 0 Å². The second-order valence-electron chi connectivity index (χ2n) is 5.21. The Balaban J connectivity index is 2.62. The molecule has 0 nitrogen and oxygen atoms in total. The Kier molecular flexibility index (Phi) is 5.96. The van der Waals surface area contributed by atoms with E-state index in [-0.39, 0.29) is 0 Å². The van der Waals surface area contributed by atoms with Crippen LogP contribution in [0, 0.1) is 5.54 Å². The Morgan fingerprint density at radius 2 is 1.13 bits per heavy atom. The molecule has 1 fully saturated rings. The van der Waals surface area contributed by atoms with Gasteiger partial charge in [-0.1, -0.05) is 71.0 Å². The monoisotopic (exact) mass is 225 g/mol. The van der Waals surface area contributed by atoms with Gasteiger partial charge in [-0.2, -0.15) is 0 Å². The van der Waals surface area contributed by atoms with Crippen LogP contribution in [-0.2, 0) is 0 Å². The highest BCUT2D eigenvalue weighted by Crippen LogP contribution is 2.38. The van der Waals surface area contributed by atoms with Crippen LogP contribution in [0.15, 0.2) is 0 Å². The van der Waals surface area contributed by atoms with Gasteiger partial charge in [0.25, 0.3) is 0 Å². The minimum Gasteiger partial charge on any atom is -0.0678 e. The van der Waals surface area contributed by atoms with Gasteiger partial charge in [-0.15, -0.1) is 0 Å². The highest BCUT2D eigenvalue weighted by atomic mass is 28.3. The van der Waals surface area contributed by atoms with Crippen molar-refractivity contribution in [1.29, 1.82) is 0 Å². The van der Waals surface area contributed by atoms with Crippen LogP contribution in [0.3, 0.4) is 0 Å². The Morgan fingerprint density at radius 3 is 1.53 bits per heavy atom. The maximum absolute atomic E-state index is 2.45. The minimum atomic E-state index is -0.954. The van der Waals surface area contributed by atoms with Crippen molar-refractivity contribution in [2.45, 2.75) is 83.8 Å². The molecule has 1 aliphatic rings. The van der Waals surface area contributed by atoms with Crippen molar-refractivity contribution in [3.8, 4) is 0 Å². The van der Waals surface area contributed by atoms with Crippen molar-refractivity contribution in [3.63, 3.8) is 0 Å². The molecule has 89 valence electrons. The van der Waals surface area contributed by atoms with E-state index in [0.29, 0.717) is 0 Å². The molecule has 0 bridgehead atoms. The first kappa shape index (κ1) is 13.3. The lowest BCUT2D eigenvalue weighted by molar-refractivity contribution is 0.546. The fourth-order valence-corrected chi connectivity index (χ4v) is 7.78. The lowest BCUT2D eigenvalue weighted by Gasteiger charge is -2.38. The van der Waals surface area contributed by atoms with Crippen LogP contribution in [0.25, 0.3) is 0 Å². The fourth-order valence-electron chi connectivity index (χ4n) is 3.36. The molecule has 0 aromatic carbocycles. The van der Waals surface area contributed by atoms with Gasteiger partial charge in [-0.3, -0.25) is 0 Å². The summed E-state index contributed by atoms with van der Waals surface area (Å²) in [6.07, 6.45) is 10.4. The zero-order chi connectivity index (χ0) is 11.1. The van der Waals surface area contributed by atoms with E-state index in [0.717, 1.165) is 0 Å². The average molecular weight is 225 g/mol. The highest BCUT2D eigenvalue weighted by molar-refractivity contribution is 6.84. The summed E-state index contributed by atoms with van der Waals surface area (Å²) in [4.78, 5) is 0. The van der Waals surface area contributed by atoms with E-state index in [4.69, 9.17) is 0 Å². The molecule has 0 heterocycles. The molecule has 1 rings (SSSR count). The van der Waals surface area contributed by atoms with E-state index in [1.807, 2.05) is 0 Å². The van der Waals surface area contributed by atoms with Gasteiger partial charge in [0, 0.05) is 0 Å². The molecule has 1 aliphatic carbocycles. The molecule has 15 heavy (non-hydrogen) atoms. The smallest absolute Gasteiger partial charge is 0.0592 e. The van der Waals surface area contributed by atoms with Gasteiger partial charge in [0.05, 0.1) is 8.07 Å². The van der Waals surface area contributed by atoms with Gasteiger partial charge in [0.1, 0.15) is 0 Å². The Morgan fingerprint density at radius 1 is 0.733 bits per heavy atom. The number of hydrogen-bond donors (Lipinski definition) is 0. The van der Waals surface area contributed by atoms with Gasteiger partial charge in [0.15, 0.2) is 0 Å². The van der Waals surface area contributed by atoms with Crippen LogP contribution in [0.2, 0.25) is 18.1 Å². The van der Waals surface area contributed by atoms with Gasteiger partial charge in [-0.25, -0.2) is 0 Å². The van der Waals surface area contributed by atoms with Crippen molar-refractivity contribution in [2.24, 2.45) is 0 Å². The Labute approximate surface area is 97.9 Å². The molecule has 0 saturated heterocycles. The second kappa shape index (κ2) is 6.73. The first-order valence-electron chi connectivity index (χ1n) is 7.14. The van der Waals surface area contributed by atoms with E-state index in [9.17, 15) is 0 Å². The summed E-state index contributed by atoms with van der Waals surface area (Å²) in [6.45, 7) is 7.35. The molecule has 0 spiro atoms. The third kappa shape index (κ3) is 3.34. The SMILES string of the molecule is CC[Si](CC)(CC)[C]1CCCCCCC1. The third-order valence-electron chi connectivity index (χ3n) is 4.74. The molecule has 0 atom stereocenters. The van der Waals surface area contributed by atoms with Gasteiger partial charge in [0.2, 0.25) is 0 Å². The molecule has 1 heteroatoms. The molecule has 0 aromatic rings. The Hall–Kier alpha value is 0.217. The molecular formula is C14H29Si. The van der Waals surface area contributed by atoms with E-state index < -0.39 is 8.07 Å². The topological polar surface area (TPSA) is 0 Å². The lowest BCUT2D eigenvalue weighted by Crippen LogP contribution is -2.40. The van der Waals surface area contributed by atoms with Crippen molar-refractivity contribution < 1.29 is 0 Å². The van der Waals surface area contributed by atoms with Gasteiger partial charge >= 0.3 is 0 Å². The number of hydrogen-bond acceptors (Lipinski definition) is 0. The number of rotatable bonds is 4. The lowest BCUT2D eigenvalue weighted by atomic mass is 10.0. The van der Waals surface area contributed by atoms with Crippen LogP contribution >= 0.6 is 0 Å². The van der Waals surface area contributed by atoms with Crippen LogP contribution in [-0.4, -0.2) is 8.07 Å². The fraction of sp³-hybridized carbons (Fsp3) is 0.929. The summed E-state index contributed by atoms with van der Waals surface area (Å²) in [5.41, 5.74) is 2.05. The molecule has 0 N–H and O–H groups in total. The second-order valence-corrected chi connectivity index (χ2v) is 10.6. The predicted octanol–water partition coefficient (Wildman–Crippen LogP) is 5.35. The Bertz CT molecular complexity index is 144. The van der Waals surface area contributed by atoms with Crippen LogP contribution in [0.1, 0.15) is 65.7 Å². The van der Waals surface area contributed by atoms with Crippen molar-refractivity contribution in [3.05, 3.63) is 5.54 Å². The van der Waals surface area contributed by atoms with Crippen LogP contribution in [0.4, 0.5) is 0 Å². The molecular weight excluding hydrogens is 196 g/mol. The summed E-state index contributed by atoms with van der Waals surface area (Å²) < 4.78 is 0. The normalized spacial score (nSPS) is 21.0. The summed E-state index contributed by atoms with van der Waals surface area (Å²) in [5.74, 6) is 0. The predicted molar refractivity (Wildman–Crippen MR) is 72.8 cm³/mol. The molecule has 0 amide bonds. The molecule has 1 radical (unpaired) electrons. The quantitative estimate of drug-likeness (QED) is 0.566. The molecule has 1 saturated carbocycles. The standard InChI is InChI=1S/C14H29Si/c1-4-15(5-2,6-3)14-12-10-8-7-9-11-13-14/h4-13H2,1-3H3. The highest BCUT2D eigenvalue weighted by Gasteiger charge is 2.35. The maximum atomic E-state index is 2.45. The van der Waals surface area contributed by atoms with Gasteiger partial charge in [-0.05, 0) is 18.4 Å². The van der Waals surface area contributed by atoms with Crippen molar-refractivity contribution >= 4 is 8.07 Å². The van der Waals surface area contributed by atoms with Crippen LogP contribution in [0.5, 0.6) is 0 Å². The largest absolute Gasteiger partial charge is 0.0678 e. The van der Waals surface area contributed by atoms with Crippen molar-refractivity contribution in [2.75, 3.05) is 0 Å². The summed E-state index contributed by atoms with van der Waals surface area (Å²) in [5, 5.41) is 0. The first-order chi connectivity index (χ1) is 7.29.